The fraction of sp³-hybridized carbons (Fsp3) is 0.556. The van der Waals surface area contributed by atoms with E-state index < -0.39 is 11.9 Å². The monoisotopic (exact) mass is 220 g/mol. The Morgan fingerprint density at radius 2 is 1.27 bits per heavy atom. The van der Waals surface area contributed by atoms with E-state index in [2.05, 4.69) is 0 Å². The van der Waals surface area contributed by atoms with Crippen LogP contribution in [0.5, 0.6) is 0 Å². The summed E-state index contributed by atoms with van der Waals surface area (Å²) < 4.78 is 0. The third-order valence-electron chi connectivity index (χ3n) is 1.22. The average Bonchev–Trinajstić information content (AvgIpc) is 2.16. The van der Waals surface area contributed by atoms with Crippen molar-refractivity contribution in [1.29, 1.82) is 0 Å². The molecule has 6 heteroatoms. The third-order valence-corrected chi connectivity index (χ3v) is 1.22. The molecule has 0 rings (SSSR count). The van der Waals surface area contributed by atoms with Crippen molar-refractivity contribution < 1.29 is 30.0 Å². The number of aliphatic hydroxyl groups is 2. The van der Waals surface area contributed by atoms with Crippen molar-refractivity contribution in [1.82, 2.24) is 0 Å². The first-order valence-electron chi connectivity index (χ1n) is 4.11. The van der Waals surface area contributed by atoms with E-state index in [9.17, 15) is 9.59 Å². The minimum absolute atomic E-state index is 0.0451. The van der Waals surface area contributed by atoms with Crippen LogP contribution in [0, 0.1) is 5.41 Å². The van der Waals surface area contributed by atoms with Crippen LogP contribution in [0.1, 0.15) is 13.8 Å². The van der Waals surface area contributed by atoms with Crippen LogP contribution in [0.3, 0.4) is 0 Å². The number of hydrogen-bond donors (Lipinski definition) is 4. The van der Waals surface area contributed by atoms with Crippen molar-refractivity contribution >= 4 is 11.9 Å². The Kier molecular flexibility index (Phi) is 8.51. The highest BCUT2D eigenvalue weighted by Crippen LogP contribution is 2.10. The predicted molar refractivity (Wildman–Crippen MR) is 52.4 cm³/mol. The minimum Gasteiger partial charge on any atom is -0.478 e. The van der Waals surface area contributed by atoms with Gasteiger partial charge in [-0.2, -0.15) is 0 Å². The zero-order valence-electron chi connectivity index (χ0n) is 8.67. The standard InChI is InChI=1S/C5H12O2.C4H4O4/c1-5(2,3-6)4-7;5-3(6)1-2-4(7)8/h6-7H,3-4H2,1-2H3;1-2H,(H,5,6)(H,7,8). The van der Waals surface area contributed by atoms with E-state index >= 15 is 0 Å². The summed E-state index contributed by atoms with van der Waals surface area (Å²) in [7, 11) is 0. The van der Waals surface area contributed by atoms with Gasteiger partial charge in [-0.05, 0) is 0 Å². The lowest BCUT2D eigenvalue weighted by molar-refractivity contribution is -0.134. The number of aliphatic carboxylic acids is 2. The first-order chi connectivity index (χ1) is 6.75. The molecule has 0 aromatic heterocycles. The normalized spacial score (nSPS) is 10.7. The highest BCUT2D eigenvalue weighted by Gasteiger charge is 2.13. The molecule has 0 atom stereocenters. The van der Waals surface area contributed by atoms with E-state index in [4.69, 9.17) is 20.4 Å². The molecule has 0 aliphatic heterocycles. The van der Waals surface area contributed by atoms with E-state index in [1.807, 2.05) is 0 Å². The van der Waals surface area contributed by atoms with E-state index in [0.717, 1.165) is 0 Å². The van der Waals surface area contributed by atoms with Crippen molar-refractivity contribution in [3.8, 4) is 0 Å². The smallest absolute Gasteiger partial charge is 0.328 e. The van der Waals surface area contributed by atoms with E-state index in [1.165, 1.54) is 0 Å². The van der Waals surface area contributed by atoms with Gasteiger partial charge in [-0.15, -0.1) is 0 Å². The lowest BCUT2D eigenvalue weighted by Gasteiger charge is -2.16. The van der Waals surface area contributed by atoms with E-state index in [0.29, 0.717) is 12.2 Å². The molecular weight excluding hydrogens is 204 g/mol. The van der Waals surface area contributed by atoms with Crippen LogP contribution in [0.4, 0.5) is 0 Å². The lowest BCUT2D eigenvalue weighted by Crippen LogP contribution is -2.20. The van der Waals surface area contributed by atoms with Crippen molar-refractivity contribution in [2.45, 2.75) is 13.8 Å². The molecule has 0 unspecified atom stereocenters. The molecule has 0 aliphatic rings. The molecule has 0 fully saturated rings. The van der Waals surface area contributed by atoms with Gasteiger partial charge in [0.25, 0.3) is 0 Å². The van der Waals surface area contributed by atoms with Gasteiger partial charge in [0.1, 0.15) is 0 Å². The van der Waals surface area contributed by atoms with Crippen LogP contribution in [-0.2, 0) is 9.59 Å². The van der Waals surface area contributed by atoms with Gasteiger partial charge in [-0.25, -0.2) is 9.59 Å². The van der Waals surface area contributed by atoms with Gasteiger partial charge in [0.15, 0.2) is 0 Å². The molecular formula is C9H16O6. The van der Waals surface area contributed by atoms with Gasteiger partial charge in [0, 0.05) is 17.6 Å². The van der Waals surface area contributed by atoms with Crippen LogP contribution < -0.4 is 0 Å². The van der Waals surface area contributed by atoms with Crippen LogP contribution >= 0.6 is 0 Å². The Hall–Kier alpha value is -1.40. The van der Waals surface area contributed by atoms with E-state index in [1.54, 1.807) is 13.8 Å². The largest absolute Gasteiger partial charge is 0.478 e. The van der Waals surface area contributed by atoms with Crippen LogP contribution in [-0.4, -0.2) is 45.6 Å². The second-order valence-electron chi connectivity index (χ2n) is 3.49. The Morgan fingerprint density at radius 3 is 1.33 bits per heavy atom. The molecule has 15 heavy (non-hydrogen) atoms. The SMILES string of the molecule is CC(C)(CO)CO.O=C(O)C=CC(=O)O. The Labute approximate surface area is 87.5 Å². The van der Waals surface area contributed by atoms with Gasteiger partial charge in [-0.3, -0.25) is 0 Å². The van der Waals surface area contributed by atoms with Gasteiger partial charge in [0.2, 0.25) is 0 Å². The third kappa shape index (κ3) is 15.4. The number of carbonyl (C=O) groups is 2. The molecule has 0 saturated heterocycles. The molecule has 0 radical (unpaired) electrons. The molecule has 0 bridgehead atoms. The molecule has 4 N–H and O–H groups in total. The van der Waals surface area contributed by atoms with Gasteiger partial charge >= 0.3 is 11.9 Å². The summed E-state index contributed by atoms with van der Waals surface area (Å²) in [6, 6.07) is 0. The van der Waals surface area contributed by atoms with Crippen molar-refractivity contribution in [3.63, 3.8) is 0 Å². The maximum Gasteiger partial charge on any atom is 0.328 e. The van der Waals surface area contributed by atoms with Crippen LogP contribution in [0.2, 0.25) is 0 Å². The molecule has 0 aromatic rings. The summed E-state index contributed by atoms with van der Waals surface area (Å²) in [5, 5.41) is 32.5. The summed E-state index contributed by atoms with van der Waals surface area (Å²) in [6.07, 6.45) is 1.12. The molecule has 6 nitrogen and oxygen atoms in total. The average molecular weight is 220 g/mol. The highest BCUT2D eigenvalue weighted by atomic mass is 16.4. The number of hydrogen-bond acceptors (Lipinski definition) is 4. The topological polar surface area (TPSA) is 115 Å². The molecule has 0 aliphatic carbocycles. The molecule has 0 heterocycles. The maximum atomic E-state index is 9.55. The van der Waals surface area contributed by atoms with E-state index in [-0.39, 0.29) is 18.6 Å². The number of carboxylic acid groups (broad SMARTS) is 2. The summed E-state index contributed by atoms with van der Waals surface area (Å²) >= 11 is 0. The number of aliphatic hydroxyl groups excluding tert-OH is 2. The van der Waals surface area contributed by atoms with Crippen LogP contribution in [0.15, 0.2) is 12.2 Å². The second-order valence-corrected chi connectivity index (χ2v) is 3.49. The molecule has 0 spiro atoms. The highest BCUT2D eigenvalue weighted by molar-refractivity contribution is 5.89. The first-order valence-corrected chi connectivity index (χ1v) is 4.11. The summed E-state index contributed by atoms with van der Waals surface area (Å²) in [6.45, 7) is 3.69. The number of carboxylic acids is 2. The van der Waals surface area contributed by atoms with Crippen LogP contribution in [0.25, 0.3) is 0 Å². The summed E-state index contributed by atoms with van der Waals surface area (Å²) in [5.74, 6) is -2.51. The van der Waals surface area contributed by atoms with Gasteiger partial charge in [0.05, 0.1) is 13.2 Å². The Morgan fingerprint density at radius 1 is 1.00 bits per heavy atom. The van der Waals surface area contributed by atoms with Gasteiger partial charge in [-0.1, -0.05) is 13.8 Å². The summed E-state index contributed by atoms with van der Waals surface area (Å²) in [5.41, 5.74) is -0.306. The zero-order valence-corrected chi connectivity index (χ0v) is 8.67. The quantitative estimate of drug-likeness (QED) is 0.484. The second kappa shape index (κ2) is 7.95. The van der Waals surface area contributed by atoms with Crippen molar-refractivity contribution in [2.75, 3.05) is 13.2 Å². The fourth-order valence-corrected chi connectivity index (χ4v) is 0.193. The number of rotatable bonds is 4. The first kappa shape index (κ1) is 16.0. The van der Waals surface area contributed by atoms with Gasteiger partial charge < -0.3 is 20.4 Å². The maximum absolute atomic E-state index is 9.55. The fourth-order valence-electron chi connectivity index (χ4n) is 0.193. The summed E-state index contributed by atoms with van der Waals surface area (Å²) in [4.78, 5) is 19.1. The van der Waals surface area contributed by atoms with Crippen molar-refractivity contribution in [2.24, 2.45) is 5.41 Å². The van der Waals surface area contributed by atoms with Crippen molar-refractivity contribution in [3.05, 3.63) is 12.2 Å². The molecule has 0 amide bonds. The molecule has 88 valence electrons. The Balaban J connectivity index is 0. The molecule has 0 aromatic carbocycles. The minimum atomic E-state index is -1.26. The molecule has 0 saturated carbocycles. The Bertz CT molecular complexity index is 209. The lowest BCUT2D eigenvalue weighted by atomic mass is 9.97. The zero-order chi connectivity index (χ0) is 12.5. The predicted octanol–water partition coefficient (Wildman–Crippen LogP) is -0.291.